The van der Waals surface area contributed by atoms with E-state index < -0.39 is 12.1 Å². The van der Waals surface area contributed by atoms with Crippen molar-refractivity contribution >= 4 is 11.9 Å². The minimum Gasteiger partial charge on any atom is -0.466 e. The van der Waals surface area contributed by atoms with Gasteiger partial charge in [-0.2, -0.15) is 0 Å². The molecule has 0 aliphatic heterocycles. The van der Waals surface area contributed by atoms with Gasteiger partial charge in [0.05, 0.1) is 25.4 Å². The molecule has 0 bridgehead atoms. The molecule has 0 saturated heterocycles. The molecule has 2 atom stereocenters. The molecule has 0 aromatic heterocycles. The maximum absolute atomic E-state index is 12.5. The summed E-state index contributed by atoms with van der Waals surface area (Å²) in [6, 6.07) is -0.555. The third kappa shape index (κ3) is 51.6. The molecular weight excluding hydrogens is 803 g/mol. The van der Waals surface area contributed by atoms with Crippen molar-refractivity contribution in [2.45, 2.75) is 328 Å². The standard InChI is InChI=1S/C59H113NO5/c1-3-5-7-9-11-13-15-17-19-21-22-23-24-25-27-31-35-39-43-47-51-57(62)56(55-61)60-58(63)52-48-44-40-36-32-29-30-34-38-42-46-50-54-65-59(64)53-49-45-41-37-33-28-26-20-18-16-14-12-10-8-6-4-2/h14,16,20,26,56-57,61-62H,3-13,15,17-19,21-25,27-55H2,1-2H3,(H,60,63)/b16-14-,26-20-. The highest BCUT2D eigenvalue weighted by Crippen LogP contribution is 2.17. The SMILES string of the molecule is CCCCCC/C=C\C/C=C\CCCCCCCC(=O)OCCCCCCCCCCCCCCC(=O)NC(CO)C(O)CCCCCCCCCCCCCCCCCCCCCC. The molecule has 2 unspecified atom stereocenters. The van der Waals surface area contributed by atoms with Crippen molar-refractivity contribution in [2.75, 3.05) is 13.2 Å². The van der Waals surface area contributed by atoms with Crippen LogP contribution in [0.15, 0.2) is 24.3 Å². The molecule has 0 aliphatic rings. The van der Waals surface area contributed by atoms with Gasteiger partial charge in [0, 0.05) is 12.8 Å². The molecule has 6 nitrogen and oxygen atoms in total. The number of hydrogen-bond acceptors (Lipinski definition) is 5. The van der Waals surface area contributed by atoms with Gasteiger partial charge in [-0.25, -0.2) is 0 Å². The Balaban J connectivity index is 3.46. The van der Waals surface area contributed by atoms with E-state index >= 15 is 0 Å². The highest BCUT2D eigenvalue weighted by molar-refractivity contribution is 5.76. The Morgan fingerprint density at radius 3 is 1.18 bits per heavy atom. The van der Waals surface area contributed by atoms with Crippen LogP contribution >= 0.6 is 0 Å². The number of allylic oxidation sites excluding steroid dienone is 4. The minimum atomic E-state index is -0.676. The lowest BCUT2D eigenvalue weighted by Gasteiger charge is -2.22. The van der Waals surface area contributed by atoms with Crippen LogP contribution in [0.3, 0.4) is 0 Å². The third-order valence-corrected chi connectivity index (χ3v) is 13.5. The predicted octanol–water partition coefficient (Wildman–Crippen LogP) is 17.9. The molecule has 6 heteroatoms. The Hall–Kier alpha value is -1.66. The zero-order valence-electron chi connectivity index (χ0n) is 43.7. The fraction of sp³-hybridized carbons (Fsp3) is 0.898. The topological polar surface area (TPSA) is 95.9 Å². The summed E-state index contributed by atoms with van der Waals surface area (Å²) in [5.41, 5.74) is 0. The Labute approximate surface area is 405 Å². The summed E-state index contributed by atoms with van der Waals surface area (Å²) < 4.78 is 5.47. The average Bonchev–Trinajstić information content (AvgIpc) is 3.31. The van der Waals surface area contributed by atoms with Crippen LogP contribution < -0.4 is 5.32 Å². The average molecular weight is 917 g/mol. The zero-order chi connectivity index (χ0) is 47.2. The van der Waals surface area contributed by atoms with Crippen molar-refractivity contribution in [1.29, 1.82) is 0 Å². The van der Waals surface area contributed by atoms with E-state index in [9.17, 15) is 19.8 Å². The number of unbranched alkanes of at least 4 members (excludes halogenated alkanes) is 39. The fourth-order valence-corrected chi connectivity index (χ4v) is 9.02. The van der Waals surface area contributed by atoms with E-state index in [1.807, 2.05) is 0 Å². The van der Waals surface area contributed by atoms with Crippen LogP contribution in [0, 0.1) is 0 Å². The number of ether oxygens (including phenoxy) is 1. The number of carbonyl (C=O) groups excluding carboxylic acids is 2. The van der Waals surface area contributed by atoms with Crippen LogP contribution in [0.25, 0.3) is 0 Å². The highest BCUT2D eigenvalue weighted by atomic mass is 16.5. The lowest BCUT2D eigenvalue weighted by Crippen LogP contribution is -2.45. The Morgan fingerprint density at radius 2 is 0.769 bits per heavy atom. The highest BCUT2D eigenvalue weighted by Gasteiger charge is 2.20. The van der Waals surface area contributed by atoms with E-state index in [4.69, 9.17) is 4.74 Å². The predicted molar refractivity (Wildman–Crippen MR) is 283 cm³/mol. The zero-order valence-corrected chi connectivity index (χ0v) is 43.7. The number of esters is 1. The van der Waals surface area contributed by atoms with E-state index in [-0.39, 0.29) is 18.5 Å². The second-order valence-electron chi connectivity index (χ2n) is 20.0. The van der Waals surface area contributed by atoms with Crippen LogP contribution in [-0.4, -0.2) is 47.4 Å². The first kappa shape index (κ1) is 63.3. The third-order valence-electron chi connectivity index (χ3n) is 13.5. The number of aliphatic hydroxyl groups excluding tert-OH is 2. The van der Waals surface area contributed by atoms with Crippen molar-refractivity contribution in [3.05, 3.63) is 24.3 Å². The summed E-state index contributed by atoms with van der Waals surface area (Å²) in [5.74, 6) is -0.0707. The van der Waals surface area contributed by atoms with Gasteiger partial charge < -0.3 is 20.3 Å². The summed E-state index contributed by atoms with van der Waals surface area (Å²) in [4.78, 5) is 24.6. The first-order valence-corrected chi connectivity index (χ1v) is 29.1. The summed E-state index contributed by atoms with van der Waals surface area (Å²) >= 11 is 0. The Morgan fingerprint density at radius 1 is 0.431 bits per heavy atom. The van der Waals surface area contributed by atoms with Crippen LogP contribution in [0.1, 0.15) is 316 Å². The largest absolute Gasteiger partial charge is 0.466 e. The molecule has 0 saturated carbocycles. The van der Waals surface area contributed by atoms with Crippen molar-refractivity contribution in [3.8, 4) is 0 Å². The lowest BCUT2D eigenvalue weighted by molar-refractivity contribution is -0.143. The van der Waals surface area contributed by atoms with Gasteiger partial charge in [-0.15, -0.1) is 0 Å². The van der Waals surface area contributed by atoms with Gasteiger partial charge in [-0.1, -0.05) is 269 Å². The monoisotopic (exact) mass is 916 g/mol. The number of carbonyl (C=O) groups is 2. The first-order chi connectivity index (χ1) is 32.0. The quantitative estimate of drug-likeness (QED) is 0.0321. The van der Waals surface area contributed by atoms with Gasteiger partial charge in [0.2, 0.25) is 5.91 Å². The van der Waals surface area contributed by atoms with Gasteiger partial charge in [0.1, 0.15) is 0 Å². The summed E-state index contributed by atoms with van der Waals surface area (Å²) in [5, 5.41) is 23.3. The number of hydrogen-bond donors (Lipinski definition) is 3. The maximum Gasteiger partial charge on any atom is 0.305 e. The molecule has 1 amide bonds. The molecule has 0 radical (unpaired) electrons. The van der Waals surface area contributed by atoms with Crippen LogP contribution in [0.4, 0.5) is 0 Å². The van der Waals surface area contributed by atoms with E-state index in [1.165, 1.54) is 212 Å². The molecule has 0 aromatic carbocycles. The molecule has 3 N–H and O–H groups in total. The minimum absolute atomic E-state index is 0.0219. The molecule has 0 rings (SSSR count). The molecule has 0 heterocycles. The van der Waals surface area contributed by atoms with Crippen molar-refractivity contribution in [2.24, 2.45) is 0 Å². The van der Waals surface area contributed by atoms with Crippen molar-refractivity contribution < 1.29 is 24.5 Å². The van der Waals surface area contributed by atoms with E-state index in [2.05, 4.69) is 43.5 Å². The second-order valence-corrected chi connectivity index (χ2v) is 20.0. The molecule has 0 aliphatic carbocycles. The maximum atomic E-state index is 12.5. The lowest BCUT2D eigenvalue weighted by atomic mass is 10.0. The molecule has 0 spiro atoms. The summed E-state index contributed by atoms with van der Waals surface area (Å²) in [6.07, 6.45) is 65.9. The number of amides is 1. The first-order valence-electron chi connectivity index (χ1n) is 29.1. The van der Waals surface area contributed by atoms with Gasteiger partial charge in [-0.3, -0.25) is 9.59 Å². The van der Waals surface area contributed by atoms with Crippen LogP contribution in [0.2, 0.25) is 0 Å². The molecular formula is C59H113NO5. The van der Waals surface area contributed by atoms with Gasteiger partial charge in [-0.05, 0) is 57.8 Å². The number of rotatable bonds is 54. The van der Waals surface area contributed by atoms with Gasteiger partial charge in [0.25, 0.3) is 0 Å². The summed E-state index contributed by atoms with van der Waals surface area (Å²) in [7, 11) is 0. The van der Waals surface area contributed by atoms with Crippen LogP contribution in [0.5, 0.6) is 0 Å². The Kier molecular flexibility index (Phi) is 53.5. The normalized spacial score (nSPS) is 12.7. The van der Waals surface area contributed by atoms with Gasteiger partial charge in [0.15, 0.2) is 0 Å². The smallest absolute Gasteiger partial charge is 0.305 e. The second kappa shape index (κ2) is 54.9. The summed E-state index contributed by atoms with van der Waals surface area (Å²) in [6.45, 7) is 4.91. The fourth-order valence-electron chi connectivity index (χ4n) is 9.02. The number of nitrogens with one attached hydrogen (secondary N) is 1. The molecule has 65 heavy (non-hydrogen) atoms. The molecule has 0 fully saturated rings. The Bertz CT molecular complexity index is 1010. The van der Waals surface area contributed by atoms with E-state index in [1.54, 1.807) is 0 Å². The van der Waals surface area contributed by atoms with Gasteiger partial charge >= 0.3 is 5.97 Å². The van der Waals surface area contributed by atoms with Crippen molar-refractivity contribution in [3.63, 3.8) is 0 Å². The molecule has 384 valence electrons. The molecule has 0 aromatic rings. The van der Waals surface area contributed by atoms with Crippen LogP contribution in [-0.2, 0) is 14.3 Å². The van der Waals surface area contributed by atoms with E-state index in [0.29, 0.717) is 25.9 Å². The van der Waals surface area contributed by atoms with E-state index in [0.717, 1.165) is 70.6 Å². The van der Waals surface area contributed by atoms with Crippen molar-refractivity contribution in [1.82, 2.24) is 5.32 Å². The number of aliphatic hydroxyl groups is 2.